The fraction of sp³-hybridized carbons (Fsp3) is 0.478. The van der Waals surface area contributed by atoms with Gasteiger partial charge in [0.1, 0.15) is 11.6 Å². The molecule has 4 saturated carbocycles. The van der Waals surface area contributed by atoms with Crippen LogP contribution in [0.25, 0.3) is 0 Å². The van der Waals surface area contributed by atoms with Gasteiger partial charge in [-0.1, -0.05) is 0 Å². The van der Waals surface area contributed by atoms with E-state index < -0.39 is 0 Å². The van der Waals surface area contributed by atoms with E-state index >= 15 is 0 Å². The molecule has 2 aromatic carbocycles. The Morgan fingerprint density at radius 1 is 0.778 bits per heavy atom. The first-order valence-corrected chi connectivity index (χ1v) is 10.1. The van der Waals surface area contributed by atoms with E-state index in [-0.39, 0.29) is 11.6 Å². The molecule has 4 heteroatoms. The van der Waals surface area contributed by atoms with E-state index in [4.69, 9.17) is 0 Å². The van der Waals surface area contributed by atoms with Crippen LogP contribution in [0, 0.1) is 34.8 Å². The van der Waals surface area contributed by atoms with Crippen molar-refractivity contribution in [2.45, 2.75) is 38.5 Å². The minimum Gasteiger partial charge on any atom is -0.383 e. The smallest absolute Gasteiger partial charge is 0.125 e. The van der Waals surface area contributed by atoms with Gasteiger partial charge in [-0.2, -0.15) is 0 Å². The molecule has 0 radical (unpaired) electrons. The van der Waals surface area contributed by atoms with Crippen LogP contribution in [0.1, 0.15) is 38.5 Å². The van der Waals surface area contributed by atoms with Crippen LogP contribution >= 0.6 is 0 Å². The molecule has 2 nitrogen and oxygen atoms in total. The predicted octanol–water partition coefficient (Wildman–Crippen LogP) is 6.34. The molecule has 0 unspecified atom stereocenters. The highest BCUT2D eigenvalue weighted by molar-refractivity contribution is 5.74. The van der Waals surface area contributed by atoms with E-state index in [9.17, 15) is 8.78 Å². The summed E-state index contributed by atoms with van der Waals surface area (Å²) in [6.45, 7) is 0.915. The molecule has 0 aromatic heterocycles. The molecule has 2 N–H and O–H groups in total. The summed E-state index contributed by atoms with van der Waals surface area (Å²) in [6.07, 6.45) is 8.25. The Labute approximate surface area is 159 Å². The van der Waals surface area contributed by atoms with Crippen LogP contribution in [0.4, 0.5) is 25.8 Å². The van der Waals surface area contributed by atoms with E-state index in [1.165, 1.54) is 56.7 Å². The zero-order chi connectivity index (χ0) is 18.4. The first-order valence-electron chi connectivity index (χ1n) is 10.1. The molecule has 4 fully saturated rings. The third-order valence-corrected chi connectivity index (χ3v) is 6.92. The molecule has 4 bridgehead atoms. The Morgan fingerprint density at radius 2 is 1.37 bits per heavy atom. The van der Waals surface area contributed by atoms with Gasteiger partial charge < -0.3 is 10.6 Å². The molecule has 6 rings (SSSR count). The van der Waals surface area contributed by atoms with Gasteiger partial charge in [0.25, 0.3) is 0 Å². The molecule has 0 heterocycles. The number of anilines is 3. The van der Waals surface area contributed by atoms with Crippen molar-refractivity contribution in [1.82, 2.24) is 0 Å². The van der Waals surface area contributed by atoms with Crippen LogP contribution in [0.5, 0.6) is 0 Å². The molecule has 0 aliphatic heterocycles. The highest BCUT2D eigenvalue weighted by atomic mass is 19.1. The van der Waals surface area contributed by atoms with Crippen molar-refractivity contribution in [3.05, 3.63) is 54.1 Å². The third-order valence-electron chi connectivity index (χ3n) is 6.92. The highest BCUT2D eigenvalue weighted by Gasteiger charge is 2.50. The quantitative estimate of drug-likeness (QED) is 0.644. The molecule has 0 saturated heterocycles. The largest absolute Gasteiger partial charge is 0.383 e. The Bertz CT molecular complexity index is 795. The van der Waals surface area contributed by atoms with Gasteiger partial charge >= 0.3 is 0 Å². The SMILES string of the molecule is Fc1ccc(Nc2ccc(F)cc2NCC23CC4CC(CC(C4)C2)C3)cc1. The molecular formula is C23H26F2N2. The van der Waals surface area contributed by atoms with Crippen molar-refractivity contribution < 1.29 is 8.78 Å². The molecule has 0 atom stereocenters. The Hall–Kier alpha value is -2.10. The van der Waals surface area contributed by atoms with Gasteiger partial charge in [0.05, 0.1) is 11.4 Å². The van der Waals surface area contributed by atoms with Crippen LogP contribution in [0.3, 0.4) is 0 Å². The molecule has 142 valence electrons. The first kappa shape index (κ1) is 17.0. The Kier molecular flexibility index (Phi) is 4.10. The molecule has 0 spiro atoms. The maximum atomic E-state index is 13.9. The molecule has 27 heavy (non-hydrogen) atoms. The highest BCUT2D eigenvalue weighted by Crippen LogP contribution is 2.60. The summed E-state index contributed by atoms with van der Waals surface area (Å²) in [5.41, 5.74) is 2.79. The van der Waals surface area contributed by atoms with Crippen molar-refractivity contribution in [2.24, 2.45) is 23.2 Å². The van der Waals surface area contributed by atoms with Crippen LogP contribution in [-0.2, 0) is 0 Å². The summed E-state index contributed by atoms with van der Waals surface area (Å²) in [5.74, 6) is 2.21. The Morgan fingerprint density at radius 3 is 2.00 bits per heavy atom. The summed E-state index contributed by atoms with van der Waals surface area (Å²) in [6, 6.07) is 11.0. The first-order chi connectivity index (χ1) is 13.1. The van der Waals surface area contributed by atoms with E-state index in [2.05, 4.69) is 10.6 Å². The summed E-state index contributed by atoms with van der Waals surface area (Å²) in [5, 5.41) is 6.86. The standard InChI is InChI=1S/C23H26F2N2/c24-18-1-4-20(5-2-18)27-21-6-3-19(25)10-22(21)26-14-23-11-15-7-16(12-23)9-17(8-15)13-23/h1-6,10,15-17,26-27H,7-9,11-14H2. The van der Waals surface area contributed by atoms with Crippen LogP contribution in [0.15, 0.2) is 42.5 Å². The van der Waals surface area contributed by atoms with Gasteiger partial charge in [0.2, 0.25) is 0 Å². The van der Waals surface area contributed by atoms with Gasteiger partial charge in [0, 0.05) is 12.2 Å². The summed E-state index contributed by atoms with van der Waals surface area (Å²) in [7, 11) is 0. The predicted molar refractivity (Wildman–Crippen MR) is 105 cm³/mol. The van der Waals surface area contributed by atoms with Crippen molar-refractivity contribution in [2.75, 3.05) is 17.2 Å². The van der Waals surface area contributed by atoms with Gasteiger partial charge in [-0.3, -0.25) is 0 Å². The minimum atomic E-state index is -0.264. The molecule has 0 amide bonds. The molecule has 2 aromatic rings. The average Bonchev–Trinajstić information content (AvgIpc) is 2.63. The monoisotopic (exact) mass is 368 g/mol. The van der Waals surface area contributed by atoms with Crippen molar-refractivity contribution in [1.29, 1.82) is 0 Å². The second-order valence-electron chi connectivity index (χ2n) is 9.09. The van der Waals surface area contributed by atoms with Crippen LogP contribution in [-0.4, -0.2) is 6.54 Å². The normalized spacial score (nSPS) is 31.1. The summed E-state index contributed by atoms with van der Waals surface area (Å²) < 4.78 is 27.1. The average molecular weight is 368 g/mol. The number of rotatable bonds is 5. The lowest BCUT2D eigenvalue weighted by atomic mass is 9.49. The van der Waals surface area contributed by atoms with E-state index in [1.54, 1.807) is 24.3 Å². The molecule has 4 aliphatic rings. The number of hydrogen-bond donors (Lipinski definition) is 2. The minimum absolute atomic E-state index is 0.243. The van der Waals surface area contributed by atoms with Gasteiger partial charge in [0.15, 0.2) is 0 Å². The summed E-state index contributed by atoms with van der Waals surface area (Å²) in [4.78, 5) is 0. The maximum absolute atomic E-state index is 13.9. The molecular weight excluding hydrogens is 342 g/mol. The lowest BCUT2D eigenvalue weighted by Gasteiger charge is -2.57. The maximum Gasteiger partial charge on any atom is 0.125 e. The van der Waals surface area contributed by atoms with E-state index in [1.807, 2.05) is 0 Å². The second kappa shape index (κ2) is 6.50. The summed E-state index contributed by atoms with van der Waals surface area (Å²) >= 11 is 0. The zero-order valence-corrected chi connectivity index (χ0v) is 15.5. The topological polar surface area (TPSA) is 24.1 Å². The van der Waals surface area contributed by atoms with Gasteiger partial charge in [-0.25, -0.2) is 8.78 Å². The van der Waals surface area contributed by atoms with Gasteiger partial charge in [-0.05, 0) is 104 Å². The van der Waals surface area contributed by atoms with Crippen molar-refractivity contribution >= 4 is 17.1 Å². The molecule has 4 aliphatic carbocycles. The fourth-order valence-electron chi connectivity index (χ4n) is 6.25. The Balaban J connectivity index is 1.34. The number of benzene rings is 2. The van der Waals surface area contributed by atoms with Crippen LogP contribution in [0.2, 0.25) is 0 Å². The number of halogens is 2. The van der Waals surface area contributed by atoms with Crippen molar-refractivity contribution in [3.63, 3.8) is 0 Å². The van der Waals surface area contributed by atoms with E-state index in [0.717, 1.165) is 41.4 Å². The number of hydrogen-bond acceptors (Lipinski definition) is 2. The lowest BCUT2D eigenvalue weighted by Crippen LogP contribution is -2.49. The van der Waals surface area contributed by atoms with Crippen molar-refractivity contribution in [3.8, 4) is 0 Å². The fourth-order valence-corrected chi connectivity index (χ4v) is 6.25. The van der Waals surface area contributed by atoms with E-state index in [0.29, 0.717) is 5.41 Å². The van der Waals surface area contributed by atoms with Gasteiger partial charge in [-0.15, -0.1) is 0 Å². The van der Waals surface area contributed by atoms with Crippen LogP contribution < -0.4 is 10.6 Å². The third kappa shape index (κ3) is 3.42. The zero-order valence-electron chi connectivity index (χ0n) is 15.5. The second-order valence-corrected chi connectivity index (χ2v) is 9.09. The number of nitrogens with one attached hydrogen (secondary N) is 2. The lowest BCUT2D eigenvalue weighted by molar-refractivity contribution is -0.0444.